The standard InChI is InChI=1S/C17H20ClN5O4S.C17H22ClN5O2S/c18-13-8-21-15(22-17(19)20)12-7-9(5-6-10(12)13)28(26,27)23-14-4-2-1-3-11(14)16(24)25;1-10-4-2-3-5-15(10)23-26(24,25)11-6-7-12-13(8-11)16(22-17(19)20)21-9-14(12)18/h5-8,11,14,23H,1-4H2,(H,24,25)(H4,19,20,21,22);6-10,15,23H,2-5H2,1H3,(H4,19,20,21,22)/t;10-,15+/m.1/s1. The first kappa shape index (κ1) is 40.8. The van der Waals surface area contributed by atoms with Gasteiger partial charge < -0.3 is 28.0 Å². The lowest BCUT2D eigenvalue weighted by atomic mass is 9.85. The van der Waals surface area contributed by atoms with Gasteiger partial charge >= 0.3 is 5.97 Å². The Balaban J connectivity index is 0.000000208. The van der Waals surface area contributed by atoms with Crippen LogP contribution in [0.25, 0.3) is 21.5 Å². The fourth-order valence-electron chi connectivity index (χ4n) is 6.70. The van der Waals surface area contributed by atoms with E-state index in [1.807, 2.05) is 0 Å². The molecule has 2 aliphatic rings. The number of aliphatic carboxylic acids is 1. The zero-order valence-corrected chi connectivity index (χ0v) is 32.4. The van der Waals surface area contributed by atoms with Gasteiger partial charge in [0.25, 0.3) is 0 Å². The fraction of sp³-hybridized carbons (Fsp3) is 0.382. The average molecular weight is 822 g/mol. The van der Waals surface area contributed by atoms with Crippen LogP contribution in [0, 0.1) is 11.8 Å². The number of halogens is 2. The van der Waals surface area contributed by atoms with E-state index in [4.69, 9.17) is 46.1 Å². The van der Waals surface area contributed by atoms with Crippen LogP contribution in [0.15, 0.2) is 68.6 Å². The number of carbonyl (C=O) groups is 1. The zero-order valence-electron chi connectivity index (χ0n) is 29.2. The molecule has 290 valence electrons. The maximum Gasteiger partial charge on any atom is 0.308 e. The molecule has 4 aromatic rings. The number of sulfonamides is 2. The van der Waals surface area contributed by atoms with E-state index in [9.17, 15) is 26.7 Å². The van der Waals surface area contributed by atoms with Gasteiger partial charge in [-0.15, -0.1) is 0 Å². The monoisotopic (exact) mass is 820 g/mol. The van der Waals surface area contributed by atoms with Crippen molar-refractivity contribution in [3.63, 3.8) is 0 Å². The van der Waals surface area contributed by atoms with Crippen LogP contribution < -0.4 is 32.4 Å². The number of rotatable bonds is 9. The topological polar surface area (TPSA) is 284 Å². The summed E-state index contributed by atoms with van der Waals surface area (Å²) in [6, 6.07) is 8.26. The van der Waals surface area contributed by atoms with E-state index in [2.05, 4.69) is 36.3 Å². The first-order chi connectivity index (χ1) is 25.5. The second-order valence-corrected chi connectivity index (χ2v) is 17.5. The van der Waals surface area contributed by atoms with Crippen LogP contribution in [-0.4, -0.2) is 61.9 Å². The molecule has 2 aliphatic carbocycles. The van der Waals surface area contributed by atoms with E-state index in [1.165, 1.54) is 42.7 Å². The van der Waals surface area contributed by atoms with Gasteiger partial charge in [-0.05, 0) is 55.9 Å². The van der Waals surface area contributed by atoms with Gasteiger partial charge in [0.05, 0.1) is 25.8 Å². The van der Waals surface area contributed by atoms with E-state index in [-0.39, 0.29) is 39.4 Å². The molecule has 2 saturated carbocycles. The summed E-state index contributed by atoms with van der Waals surface area (Å²) < 4.78 is 56.9. The van der Waals surface area contributed by atoms with Gasteiger partial charge in [0.1, 0.15) is 0 Å². The molecule has 16 nitrogen and oxygen atoms in total. The number of aliphatic imine (C=N–C) groups is 2. The van der Waals surface area contributed by atoms with Crippen molar-refractivity contribution >= 4 is 94.3 Å². The molecule has 2 aromatic carbocycles. The molecule has 0 bridgehead atoms. The summed E-state index contributed by atoms with van der Waals surface area (Å²) in [5.41, 5.74) is 21.7. The Labute approximate surface area is 322 Å². The summed E-state index contributed by atoms with van der Waals surface area (Å²) in [6.07, 6.45) is 9.29. The van der Waals surface area contributed by atoms with E-state index in [1.54, 1.807) is 6.07 Å². The minimum atomic E-state index is -3.97. The molecule has 0 radical (unpaired) electrons. The largest absolute Gasteiger partial charge is 0.481 e. The molecule has 0 amide bonds. The van der Waals surface area contributed by atoms with Gasteiger partial charge in [-0.3, -0.25) is 4.79 Å². The molecule has 0 saturated heterocycles. The van der Waals surface area contributed by atoms with E-state index in [0.29, 0.717) is 50.3 Å². The highest BCUT2D eigenvalue weighted by Gasteiger charge is 2.34. The smallest absolute Gasteiger partial charge is 0.308 e. The van der Waals surface area contributed by atoms with Gasteiger partial charge in [0, 0.05) is 46.0 Å². The number of nitrogens with one attached hydrogen (secondary N) is 2. The predicted molar refractivity (Wildman–Crippen MR) is 210 cm³/mol. The minimum absolute atomic E-state index is 0.0502. The van der Waals surface area contributed by atoms with Gasteiger partial charge in [-0.25, -0.2) is 36.2 Å². The number of nitrogens with zero attached hydrogens (tertiary/aromatic N) is 4. The molecule has 0 spiro atoms. The SMILES string of the molecule is C[C@@H]1CCCC[C@@H]1NS(=O)(=O)c1ccc2c(Cl)cnc(N=C(N)N)c2c1.NC(N)=Nc1ncc(Cl)c2ccc(S(=O)(=O)NC3CCCCC3C(=O)O)cc12. The Kier molecular flexibility index (Phi) is 12.9. The quantitative estimate of drug-likeness (QED) is 0.0916. The molecule has 54 heavy (non-hydrogen) atoms. The van der Waals surface area contributed by atoms with Crippen LogP contribution in [-0.2, 0) is 24.8 Å². The highest BCUT2D eigenvalue weighted by Crippen LogP contribution is 2.34. The number of aromatic nitrogens is 2. The molecule has 11 N–H and O–H groups in total. The van der Waals surface area contributed by atoms with Crippen molar-refractivity contribution in [2.45, 2.75) is 80.2 Å². The minimum Gasteiger partial charge on any atom is -0.481 e. The summed E-state index contributed by atoms with van der Waals surface area (Å²) in [7, 11) is -7.65. The van der Waals surface area contributed by atoms with Gasteiger partial charge in [0.15, 0.2) is 23.6 Å². The van der Waals surface area contributed by atoms with Crippen LogP contribution >= 0.6 is 23.2 Å². The number of pyridine rings is 2. The lowest BCUT2D eigenvalue weighted by Gasteiger charge is -2.29. The van der Waals surface area contributed by atoms with Crippen LogP contribution in [0.2, 0.25) is 10.0 Å². The normalized spacial score (nSPS) is 20.4. The van der Waals surface area contributed by atoms with Crippen LogP contribution in [0.4, 0.5) is 11.6 Å². The second-order valence-electron chi connectivity index (χ2n) is 13.3. The average Bonchev–Trinajstić information content (AvgIpc) is 3.11. The van der Waals surface area contributed by atoms with Crippen molar-refractivity contribution in [2.75, 3.05) is 0 Å². The Morgan fingerprint density at radius 3 is 1.57 bits per heavy atom. The van der Waals surface area contributed by atoms with Crippen molar-refractivity contribution in [2.24, 2.45) is 44.8 Å². The molecule has 0 aliphatic heterocycles. The number of fused-ring (bicyclic) bond motifs is 2. The number of carboxylic acid groups (broad SMARTS) is 1. The van der Waals surface area contributed by atoms with Crippen molar-refractivity contribution in [1.82, 2.24) is 19.4 Å². The number of nitrogens with two attached hydrogens (primary N) is 4. The summed E-state index contributed by atoms with van der Waals surface area (Å²) in [6.45, 7) is 2.08. The predicted octanol–water partition coefficient (Wildman–Crippen LogP) is 4.36. The molecule has 6 rings (SSSR count). The number of hydrogen-bond donors (Lipinski definition) is 7. The number of hydrogen-bond acceptors (Lipinski definition) is 9. The Bertz CT molecular complexity index is 2340. The fourth-order valence-corrected chi connectivity index (χ4v) is 9.87. The summed E-state index contributed by atoms with van der Waals surface area (Å²) in [5.74, 6) is -1.47. The third kappa shape index (κ3) is 9.66. The lowest BCUT2D eigenvalue weighted by molar-refractivity contribution is -0.143. The molecule has 4 atom stereocenters. The molecular formula is C34H42Cl2N10O6S2. The summed E-state index contributed by atoms with van der Waals surface area (Å²) >= 11 is 12.3. The highest BCUT2D eigenvalue weighted by molar-refractivity contribution is 7.89. The van der Waals surface area contributed by atoms with E-state index in [0.717, 1.165) is 38.5 Å². The van der Waals surface area contributed by atoms with Crippen LogP contribution in [0.3, 0.4) is 0 Å². The second kappa shape index (κ2) is 17.0. The Morgan fingerprint density at radius 2 is 1.13 bits per heavy atom. The van der Waals surface area contributed by atoms with Gasteiger partial charge in [-0.2, -0.15) is 9.98 Å². The van der Waals surface area contributed by atoms with Crippen LogP contribution in [0.5, 0.6) is 0 Å². The van der Waals surface area contributed by atoms with Gasteiger partial charge in [-0.1, -0.05) is 67.9 Å². The third-order valence-electron chi connectivity index (χ3n) is 9.48. The van der Waals surface area contributed by atoms with Crippen LogP contribution in [0.1, 0.15) is 58.3 Å². The Morgan fingerprint density at radius 1 is 0.704 bits per heavy atom. The first-order valence-corrected chi connectivity index (χ1v) is 20.8. The summed E-state index contributed by atoms with van der Waals surface area (Å²) in [5, 5.41) is 12.1. The molecule has 20 heteroatoms. The highest BCUT2D eigenvalue weighted by atomic mass is 35.5. The number of benzene rings is 2. The zero-order chi connectivity index (χ0) is 39.4. The van der Waals surface area contributed by atoms with Crippen molar-refractivity contribution < 1.29 is 26.7 Å². The molecular weight excluding hydrogens is 779 g/mol. The molecule has 2 heterocycles. The Hall–Kier alpha value is -4.33. The number of guanidine groups is 2. The van der Waals surface area contributed by atoms with Crippen molar-refractivity contribution in [1.29, 1.82) is 0 Å². The number of carboxylic acids is 1. The lowest BCUT2D eigenvalue weighted by Crippen LogP contribution is -2.44. The van der Waals surface area contributed by atoms with E-state index < -0.39 is 38.0 Å². The first-order valence-electron chi connectivity index (χ1n) is 17.1. The molecule has 2 unspecified atom stereocenters. The van der Waals surface area contributed by atoms with Crippen molar-refractivity contribution in [3.05, 3.63) is 58.8 Å². The third-order valence-corrected chi connectivity index (χ3v) is 13.1. The molecule has 2 fully saturated rings. The van der Waals surface area contributed by atoms with Gasteiger partial charge in [0.2, 0.25) is 20.0 Å². The maximum atomic E-state index is 12.9. The van der Waals surface area contributed by atoms with E-state index >= 15 is 0 Å². The summed E-state index contributed by atoms with van der Waals surface area (Å²) in [4.78, 5) is 27.6. The maximum absolute atomic E-state index is 12.9. The molecule has 2 aromatic heterocycles. The van der Waals surface area contributed by atoms with Crippen molar-refractivity contribution in [3.8, 4) is 0 Å².